The molecule has 1 nitrogen and oxygen atoms in total. The molecular weight excluding hydrogens is 202 g/mol. The van der Waals surface area contributed by atoms with Crippen molar-refractivity contribution in [3.05, 3.63) is 34.9 Å². The Morgan fingerprint density at radius 3 is 2.27 bits per heavy atom. The summed E-state index contributed by atoms with van der Waals surface area (Å²) in [4.78, 5) is 0. The van der Waals surface area contributed by atoms with Crippen LogP contribution >= 0.6 is 11.8 Å². The fourth-order valence-electron chi connectivity index (χ4n) is 2.07. The summed E-state index contributed by atoms with van der Waals surface area (Å²) in [7, 11) is 0. The van der Waals surface area contributed by atoms with Crippen LogP contribution in [0.1, 0.15) is 35.9 Å². The summed E-state index contributed by atoms with van der Waals surface area (Å²) in [6.07, 6.45) is 0. The first-order valence-electron chi connectivity index (χ1n) is 5.44. The van der Waals surface area contributed by atoms with Gasteiger partial charge in [-0.2, -0.15) is 0 Å². The molecule has 15 heavy (non-hydrogen) atoms. The van der Waals surface area contributed by atoms with Gasteiger partial charge in [-0.05, 0) is 33.3 Å². The van der Waals surface area contributed by atoms with Gasteiger partial charge in [-0.3, -0.25) is 5.32 Å². The fourth-order valence-corrected chi connectivity index (χ4v) is 3.47. The molecule has 0 bridgehead atoms. The molecule has 1 aliphatic rings. The lowest BCUT2D eigenvalue weighted by Gasteiger charge is -2.19. The molecule has 2 heteroatoms. The number of benzene rings is 1. The number of hydrogen-bond donors (Lipinski definition) is 1. The van der Waals surface area contributed by atoms with Gasteiger partial charge in [0.25, 0.3) is 0 Å². The largest absolute Gasteiger partial charge is 0.296 e. The third-order valence-electron chi connectivity index (χ3n) is 2.68. The number of thioether (sulfide) groups is 1. The third-order valence-corrected chi connectivity index (χ3v) is 4.29. The first kappa shape index (κ1) is 11.0. The Bertz CT molecular complexity index is 351. The predicted octanol–water partition coefficient (Wildman–Crippen LogP) is 3.42. The van der Waals surface area contributed by atoms with Crippen molar-refractivity contribution in [3.8, 4) is 0 Å². The number of hydrogen-bond acceptors (Lipinski definition) is 2. The molecular formula is C13H19NS. The van der Waals surface area contributed by atoms with Crippen molar-refractivity contribution in [2.45, 2.75) is 38.6 Å². The molecule has 82 valence electrons. The molecule has 1 N–H and O–H groups in total. The van der Waals surface area contributed by atoms with Gasteiger partial charge in [-0.1, -0.05) is 29.3 Å². The van der Waals surface area contributed by atoms with E-state index in [-0.39, 0.29) is 5.54 Å². The summed E-state index contributed by atoms with van der Waals surface area (Å²) in [5.74, 6) is 1.19. The van der Waals surface area contributed by atoms with Gasteiger partial charge in [0, 0.05) is 11.3 Å². The molecule has 0 spiro atoms. The molecule has 0 saturated carbocycles. The van der Waals surface area contributed by atoms with E-state index >= 15 is 0 Å². The maximum atomic E-state index is 3.66. The third kappa shape index (κ3) is 2.56. The van der Waals surface area contributed by atoms with Crippen LogP contribution in [0.2, 0.25) is 0 Å². The highest BCUT2D eigenvalue weighted by atomic mass is 32.2. The summed E-state index contributed by atoms with van der Waals surface area (Å²) in [6.45, 7) is 8.87. The highest BCUT2D eigenvalue weighted by Gasteiger charge is 2.31. The van der Waals surface area contributed by atoms with Crippen LogP contribution in [-0.2, 0) is 0 Å². The Morgan fingerprint density at radius 2 is 1.80 bits per heavy atom. The quantitative estimate of drug-likeness (QED) is 0.780. The second kappa shape index (κ2) is 3.84. The van der Waals surface area contributed by atoms with E-state index in [2.05, 4.69) is 51.2 Å². The van der Waals surface area contributed by atoms with E-state index in [0.717, 1.165) is 0 Å². The number of nitrogens with one attached hydrogen (secondary N) is 1. The van der Waals surface area contributed by atoms with Crippen molar-refractivity contribution in [2.24, 2.45) is 0 Å². The fraction of sp³-hybridized carbons (Fsp3) is 0.538. The monoisotopic (exact) mass is 221 g/mol. The second-order valence-electron chi connectivity index (χ2n) is 5.14. The van der Waals surface area contributed by atoms with E-state index in [1.807, 2.05) is 11.8 Å². The van der Waals surface area contributed by atoms with Crippen LogP contribution in [0.3, 0.4) is 0 Å². The molecule has 0 amide bonds. The first-order chi connectivity index (χ1) is 6.96. The predicted molar refractivity (Wildman–Crippen MR) is 68.3 cm³/mol. The molecule has 1 aliphatic heterocycles. The summed E-state index contributed by atoms with van der Waals surface area (Å²) >= 11 is 2.01. The molecule has 1 unspecified atom stereocenters. The average molecular weight is 221 g/mol. The van der Waals surface area contributed by atoms with Crippen LogP contribution in [0.4, 0.5) is 0 Å². The van der Waals surface area contributed by atoms with Gasteiger partial charge in [0.2, 0.25) is 0 Å². The SMILES string of the molecule is Cc1cc(C)cc(C2NC(C)(C)CS2)c1. The van der Waals surface area contributed by atoms with Gasteiger partial charge in [-0.15, -0.1) is 11.8 Å². The first-order valence-corrected chi connectivity index (χ1v) is 6.49. The van der Waals surface area contributed by atoms with Crippen LogP contribution in [0.25, 0.3) is 0 Å². The van der Waals surface area contributed by atoms with Crippen molar-refractivity contribution in [1.29, 1.82) is 0 Å². The van der Waals surface area contributed by atoms with Crippen molar-refractivity contribution >= 4 is 11.8 Å². The highest BCUT2D eigenvalue weighted by Crippen LogP contribution is 2.37. The minimum atomic E-state index is 0.271. The van der Waals surface area contributed by atoms with E-state index in [9.17, 15) is 0 Å². The Morgan fingerprint density at radius 1 is 1.20 bits per heavy atom. The summed E-state index contributed by atoms with van der Waals surface area (Å²) in [6, 6.07) is 6.81. The van der Waals surface area contributed by atoms with Gasteiger partial charge >= 0.3 is 0 Å². The summed E-state index contributed by atoms with van der Waals surface area (Å²) < 4.78 is 0. The van der Waals surface area contributed by atoms with Gasteiger partial charge in [-0.25, -0.2) is 0 Å². The maximum absolute atomic E-state index is 3.66. The lowest BCUT2D eigenvalue weighted by atomic mass is 10.1. The van der Waals surface area contributed by atoms with Crippen LogP contribution in [0.15, 0.2) is 18.2 Å². The molecule has 1 saturated heterocycles. The molecule has 1 heterocycles. The van der Waals surface area contributed by atoms with Gasteiger partial charge in [0.05, 0.1) is 5.37 Å². The molecule has 2 rings (SSSR count). The molecule has 0 aliphatic carbocycles. The Kier molecular flexibility index (Phi) is 2.82. The Labute approximate surface area is 96.7 Å². The minimum absolute atomic E-state index is 0.271. The zero-order chi connectivity index (χ0) is 11.1. The van der Waals surface area contributed by atoms with Crippen molar-refractivity contribution < 1.29 is 0 Å². The molecule has 0 radical (unpaired) electrons. The van der Waals surface area contributed by atoms with Gasteiger partial charge in [0.15, 0.2) is 0 Å². The van der Waals surface area contributed by atoms with E-state index in [0.29, 0.717) is 5.37 Å². The summed E-state index contributed by atoms with van der Waals surface area (Å²) in [5, 5.41) is 4.13. The van der Waals surface area contributed by atoms with E-state index in [1.54, 1.807) is 0 Å². The van der Waals surface area contributed by atoms with Crippen molar-refractivity contribution in [2.75, 3.05) is 5.75 Å². The van der Waals surface area contributed by atoms with Crippen molar-refractivity contribution in [1.82, 2.24) is 5.32 Å². The summed E-state index contributed by atoms with van der Waals surface area (Å²) in [5.41, 5.74) is 4.41. The lowest BCUT2D eigenvalue weighted by Crippen LogP contribution is -2.35. The zero-order valence-electron chi connectivity index (χ0n) is 9.92. The normalized spacial score (nSPS) is 24.4. The molecule has 1 aromatic rings. The lowest BCUT2D eigenvalue weighted by molar-refractivity contribution is 0.452. The number of rotatable bonds is 1. The Balaban J connectivity index is 2.24. The van der Waals surface area contributed by atoms with E-state index < -0.39 is 0 Å². The van der Waals surface area contributed by atoms with Crippen LogP contribution in [0.5, 0.6) is 0 Å². The highest BCUT2D eigenvalue weighted by molar-refractivity contribution is 7.99. The molecule has 1 aromatic carbocycles. The zero-order valence-corrected chi connectivity index (χ0v) is 10.7. The smallest absolute Gasteiger partial charge is 0.0794 e. The maximum Gasteiger partial charge on any atom is 0.0794 e. The van der Waals surface area contributed by atoms with E-state index in [4.69, 9.17) is 0 Å². The topological polar surface area (TPSA) is 12.0 Å². The van der Waals surface area contributed by atoms with Gasteiger partial charge in [0.1, 0.15) is 0 Å². The Hall–Kier alpha value is -0.470. The van der Waals surface area contributed by atoms with E-state index in [1.165, 1.54) is 22.4 Å². The second-order valence-corrected chi connectivity index (χ2v) is 6.23. The minimum Gasteiger partial charge on any atom is -0.296 e. The molecule has 1 fully saturated rings. The molecule has 0 aromatic heterocycles. The van der Waals surface area contributed by atoms with Crippen LogP contribution in [-0.4, -0.2) is 11.3 Å². The standard InChI is InChI=1S/C13H19NS/c1-9-5-10(2)7-11(6-9)12-14-13(3,4)8-15-12/h5-7,12,14H,8H2,1-4H3. The van der Waals surface area contributed by atoms with Gasteiger partial charge < -0.3 is 0 Å². The number of aryl methyl sites for hydroxylation is 2. The average Bonchev–Trinajstić information content (AvgIpc) is 2.44. The van der Waals surface area contributed by atoms with Crippen LogP contribution in [0, 0.1) is 13.8 Å². The van der Waals surface area contributed by atoms with Crippen molar-refractivity contribution in [3.63, 3.8) is 0 Å². The van der Waals surface area contributed by atoms with Crippen LogP contribution < -0.4 is 5.32 Å². The molecule has 1 atom stereocenters.